The first kappa shape index (κ1) is 21.7. The van der Waals surface area contributed by atoms with Crippen molar-refractivity contribution in [1.29, 1.82) is 0 Å². The van der Waals surface area contributed by atoms with Crippen molar-refractivity contribution < 1.29 is 19.2 Å². The second-order valence-electron chi connectivity index (χ2n) is 10.9. The van der Waals surface area contributed by atoms with E-state index >= 15 is 0 Å². The van der Waals surface area contributed by atoms with Crippen LogP contribution in [0.15, 0.2) is 42.5 Å². The number of hydrogen-bond donors (Lipinski definition) is 2. The minimum Gasteiger partial charge on any atom is -0.465 e. The van der Waals surface area contributed by atoms with Gasteiger partial charge in [0.05, 0.1) is 28.3 Å². The number of aromatic nitrogens is 2. The number of fused-ring (bicyclic) bond motifs is 3. The number of likely N-dealkylation sites (tertiary alicyclic amines) is 1. The molecular weight excluding hydrogens is 429 g/mol. The minimum atomic E-state index is -0.847. The van der Waals surface area contributed by atoms with E-state index in [4.69, 9.17) is 14.3 Å². The van der Waals surface area contributed by atoms with Gasteiger partial charge in [0.2, 0.25) is 0 Å². The Morgan fingerprint density at radius 1 is 1.06 bits per heavy atom. The van der Waals surface area contributed by atoms with Crippen molar-refractivity contribution in [2.75, 3.05) is 0 Å². The standard InChI is InChI=1S/C26H30BN3O4/c1-25(2)26(3,4)34-27(33-25)18-9-5-15(6-10-18)16-8-12-20-21(14-16)29-23(28-20)22-17-7-11-19(13-17)30(22)24(31)32/h5-6,8-10,12,14,17,19,22H,7,11,13H2,1-4H3,(H,28,29)(H,31,32). The highest BCUT2D eigenvalue weighted by Gasteiger charge is 2.52. The van der Waals surface area contributed by atoms with Crippen molar-refractivity contribution in [1.82, 2.24) is 14.9 Å². The summed E-state index contributed by atoms with van der Waals surface area (Å²) in [5.74, 6) is 1.11. The van der Waals surface area contributed by atoms with Crippen LogP contribution in [0.2, 0.25) is 0 Å². The molecule has 1 aliphatic carbocycles. The third kappa shape index (κ3) is 3.27. The lowest BCUT2D eigenvalue weighted by molar-refractivity contribution is 0.00578. The number of nitrogens with one attached hydrogen (secondary N) is 1. The summed E-state index contributed by atoms with van der Waals surface area (Å²) in [4.78, 5) is 21.7. The summed E-state index contributed by atoms with van der Waals surface area (Å²) < 4.78 is 12.3. The highest BCUT2D eigenvalue weighted by molar-refractivity contribution is 6.62. The number of carbonyl (C=O) groups is 1. The molecule has 3 atom stereocenters. The molecule has 176 valence electrons. The van der Waals surface area contributed by atoms with E-state index in [1.807, 2.05) is 6.07 Å². The first-order chi connectivity index (χ1) is 16.1. The second kappa shape index (κ2) is 7.33. The topological polar surface area (TPSA) is 87.7 Å². The predicted octanol–water partition coefficient (Wildman–Crippen LogP) is 4.73. The van der Waals surface area contributed by atoms with Crippen LogP contribution in [0.25, 0.3) is 22.2 Å². The van der Waals surface area contributed by atoms with E-state index in [0.717, 1.165) is 52.7 Å². The summed E-state index contributed by atoms with van der Waals surface area (Å²) in [5, 5.41) is 9.76. The molecule has 2 aliphatic heterocycles. The number of imidazole rings is 1. The molecule has 3 aliphatic rings. The lowest BCUT2D eigenvalue weighted by Crippen LogP contribution is -2.41. The van der Waals surface area contributed by atoms with Crippen LogP contribution in [0.3, 0.4) is 0 Å². The lowest BCUT2D eigenvalue weighted by Gasteiger charge is -2.32. The van der Waals surface area contributed by atoms with E-state index < -0.39 is 6.09 Å². The van der Waals surface area contributed by atoms with Crippen molar-refractivity contribution in [3.8, 4) is 11.1 Å². The van der Waals surface area contributed by atoms with Crippen molar-refractivity contribution in [3.05, 3.63) is 48.3 Å². The van der Waals surface area contributed by atoms with Crippen LogP contribution >= 0.6 is 0 Å². The Morgan fingerprint density at radius 2 is 1.74 bits per heavy atom. The highest BCUT2D eigenvalue weighted by Crippen LogP contribution is 2.49. The van der Waals surface area contributed by atoms with Gasteiger partial charge in [0.15, 0.2) is 0 Å². The van der Waals surface area contributed by atoms with Gasteiger partial charge in [0.1, 0.15) is 5.82 Å². The summed E-state index contributed by atoms with van der Waals surface area (Å²) >= 11 is 0. The van der Waals surface area contributed by atoms with Crippen molar-refractivity contribution in [2.45, 2.75) is 70.2 Å². The summed E-state index contributed by atoms with van der Waals surface area (Å²) in [6, 6.07) is 14.4. The van der Waals surface area contributed by atoms with Crippen LogP contribution in [0, 0.1) is 5.92 Å². The van der Waals surface area contributed by atoms with E-state index in [1.165, 1.54) is 0 Å². The number of aromatic amines is 1. The average Bonchev–Trinajstić information content (AvgIpc) is 3.54. The van der Waals surface area contributed by atoms with E-state index in [9.17, 15) is 9.90 Å². The van der Waals surface area contributed by atoms with Gasteiger partial charge >= 0.3 is 13.2 Å². The summed E-state index contributed by atoms with van der Waals surface area (Å²) in [5.41, 5.74) is 4.22. The fourth-order valence-corrected chi connectivity index (χ4v) is 5.78. The molecule has 2 aromatic carbocycles. The van der Waals surface area contributed by atoms with E-state index in [1.54, 1.807) is 4.90 Å². The monoisotopic (exact) mass is 459 g/mol. The van der Waals surface area contributed by atoms with Crippen LogP contribution in [-0.4, -0.2) is 50.4 Å². The van der Waals surface area contributed by atoms with Crippen molar-refractivity contribution in [2.24, 2.45) is 5.92 Å². The lowest BCUT2D eigenvalue weighted by atomic mass is 9.78. The highest BCUT2D eigenvalue weighted by atomic mass is 16.7. The molecular formula is C26H30BN3O4. The molecule has 2 N–H and O–H groups in total. The Balaban J connectivity index is 1.26. The van der Waals surface area contributed by atoms with Gasteiger partial charge in [-0.25, -0.2) is 9.78 Å². The number of piperidine rings is 1. The Labute approximate surface area is 199 Å². The molecule has 7 nitrogen and oxygen atoms in total. The molecule has 3 unspecified atom stereocenters. The molecule has 1 saturated carbocycles. The Hall–Kier alpha value is -2.84. The normalized spacial score (nSPS) is 27.1. The summed E-state index contributed by atoms with van der Waals surface area (Å²) in [6.45, 7) is 8.23. The maximum absolute atomic E-state index is 11.9. The molecule has 3 aromatic rings. The molecule has 3 fully saturated rings. The average molecular weight is 459 g/mol. The quantitative estimate of drug-likeness (QED) is 0.553. The zero-order valence-electron chi connectivity index (χ0n) is 20.0. The molecule has 2 bridgehead atoms. The molecule has 6 rings (SSSR count). The zero-order chi connectivity index (χ0) is 23.8. The number of H-pyrrole nitrogens is 1. The Morgan fingerprint density at radius 3 is 2.41 bits per heavy atom. The fraction of sp³-hybridized carbons (Fsp3) is 0.462. The van der Waals surface area contributed by atoms with Crippen LogP contribution in [-0.2, 0) is 9.31 Å². The molecule has 2 saturated heterocycles. The Bertz CT molecular complexity index is 1250. The van der Waals surface area contributed by atoms with Gasteiger partial charge in [-0.1, -0.05) is 30.3 Å². The summed E-state index contributed by atoms with van der Waals surface area (Å²) in [6.07, 6.45) is 2.12. The van der Waals surface area contributed by atoms with Gasteiger partial charge in [-0.15, -0.1) is 0 Å². The van der Waals surface area contributed by atoms with E-state index in [0.29, 0.717) is 5.92 Å². The van der Waals surface area contributed by atoms with Crippen LogP contribution in [0.5, 0.6) is 0 Å². The van der Waals surface area contributed by atoms with Crippen LogP contribution in [0.4, 0.5) is 4.79 Å². The van der Waals surface area contributed by atoms with Gasteiger partial charge in [-0.2, -0.15) is 0 Å². The second-order valence-corrected chi connectivity index (χ2v) is 10.9. The maximum atomic E-state index is 11.9. The number of hydrogen-bond acceptors (Lipinski definition) is 4. The molecule has 8 heteroatoms. The van der Waals surface area contributed by atoms with Crippen molar-refractivity contribution in [3.63, 3.8) is 0 Å². The van der Waals surface area contributed by atoms with Gasteiger partial charge in [0, 0.05) is 6.04 Å². The molecule has 1 amide bonds. The largest absolute Gasteiger partial charge is 0.494 e. The fourth-order valence-electron chi connectivity index (χ4n) is 5.78. The minimum absolute atomic E-state index is 0.124. The molecule has 0 spiro atoms. The number of carboxylic acid groups (broad SMARTS) is 1. The van der Waals surface area contributed by atoms with Gasteiger partial charge in [0.25, 0.3) is 0 Å². The molecule has 34 heavy (non-hydrogen) atoms. The molecule has 3 heterocycles. The maximum Gasteiger partial charge on any atom is 0.494 e. The first-order valence-corrected chi connectivity index (χ1v) is 12.1. The smallest absolute Gasteiger partial charge is 0.465 e. The van der Waals surface area contributed by atoms with E-state index in [-0.39, 0.29) is 30.4 Å². The Kier molecular flexibility index (Phi) is 4.67. The third-order valence-electron chi connectivity index (χ3n) is 8.36. The molecule has 1 aromatic heterocycles. The van der Waals surface area contributed by atoms with Crippen molar-refractivity contribution >= 4 is 29.7 Å². The number of nitrogens with zero attached hydrogens (tertiary/aromatic N) is 2. The molecule has 0 radical (unpaired) electrons. The van der Waals surface area contributed by atoms with E-state index in [2.05, 4.69) is 69.1 Å². The van der Waals surface area contributed by atoms with Crippen LogP contribution < -0.4 is 5.46 Å². The van der Waals surface area contributed by atoms with Crippen LogP contribution in [0.1, 0.15) is 58.8 Å². The zero-order valence-corrected chi connectivity index (χ0v) is 20.0. The number of amides is 1. The van der Waals surface area contributed by atoms with Gasteiger partial charge in [-0.05, 0) is 81.6 Å². The van der Waals surface area contributed by atoms with Gasteiger partial charge in [-0.3, -0.25) is 4.90 Å². The predicted molar refractivity (Wildman–Crippen MR) is 131 cm³/mol. The third-order valence-corrected chi connectivity index (χ3v) is 8.36. The SMILES string of the molecule is CC1(C)OB(c2ccc(-c3ccc4nc(C5C6CCC(C6)N5C(=O)O)[nH]c4c3)cc2)OC1(C)C. The first-order valence-electron chi connectivity index (χ1n) is 12.1. The summed E-state index contributed by atoms with van der Waals surface area (Å²) in [7, 11) is -0.379. The number of rotatable bonds is 3. The van der Waals surface area contributed by atoms with Gasteiger partial charge < -0.3 is 19.4 Å². The number of benzene rings is 2.